The van der Waals surface area contributed by atoms with Gasteiger partial charge in [-0.15, -0.1) is 0 Å². The van der Waals surface area contributed by atoms with E-state index in [9.17, 15) is 5.26 Å². The molecule has 0 fully saturated rings. The zero-order valence-electron chi connectivity index (χ0n) is 10.1. The van der Waals surface area contributed by atoms with Gasteiger partial charge in [-0.2, -0.15) is 15.6 Å². The Labute approximate surface area is 119 Å². The molecule has 0 aliphatic rings. The molecule has 94 valence electrons. The Hall–Kier alpha value is -2.89. The van der Waals surface area contributed by atoms with Crippen LogP contribution in [0.15, 0.2) is 36.7 Å². The number of rotatable bonds is 1. The van der Waals surface area contributed by atoms with Crippen molar-refractivity contribution in [2.24, 2.45) is 0 Å². The molecule has 0 aliphatic carbocycles. The highest BCUT2D eigenvalue weighted by Gasteiger charge is 2.14. The van der Waals surface area contributed by atoms with Crippen molar-refractivity contribution in [3.63, 3.8) is 0 Å². The Morgan fingerprint density at radius 3 is 2.35 bits per heavy atom. The van der Waals surface area contributed by atoms with Crippen LogP contribution in [0.1, 0.15) is 11.1 Å². The van der Waals surface area contributed by atoms with Crippen molar-refractivity contribution in [2.45, 2.75) is 0 Å². The van der Waals surface area contributed by atoms with Gasteiger partial charge < -0.3 is 0 Å². The fraction of sp³-hybridized carbons (Fsp3) is 0. The van der Waals surface area contributed by atoms with E-state index in [2.05, 4.69) is 16.2 Å². The van der Waals surface area contributed by atoms with Crippen LogP contribution in [0.4, 0.5) is 0 Å². The topological polar surface area (TPSA) is 77.8 Å². The molecule has 5 nitrogen and oxygen atoms in total. The first-order valence-electron chi connectivity index (χ1n) is 5.67. The van der Waals surface area contributed by atoms with E-state index in [4.69, 9.17) is 16.9 Å². The minimum absolute atomic E-state index is 0.365. The van der Waals surface area contributed by atoms with E-state index < -0.39 is 0 Å². The van der Waals surface area contributed by atoms with Crippen LogP contribution in [-0.2, 0) is 0 Å². The predicted molar refractivity (Wildman–Crippen MR) is 72.9 cm³/mol. The van der Waals surface area contributed by atoms with Gasteiger partial charge in [0.2, 0.25) is 0 Å². The monoisotopic (exact) mass is 279 g/mol. The van der Waals surface area contributed by atoms with Crippen LogP contribution in [0.5, 0.6) is 0 Å². The van der Waals surface area contributed by atoms with E-state index >= 15 is 0 Å². The molecule has 3 aromatic rings. The maximum atomic E-state index is 9.24. The van der Waals surface area contributed by atoms with E-state index in [0.717, 1.165) is 5.56 Å². The summed E-state index contributed by atoms with van der Waals surface area (Å²) in [5, 5.41) is 23.0. The van der Waals surface area contributed by atoms with E-state index in [1.807, 2.05) is 6.07 Å². The first kappa shape index (κ1) is 12.2. The lowest BCUT2D eigenvalue weighted by molar-refractivity contribution is 0.943. The van der Waals surface area contributed by atoms with Crippen molar-refractivity contribution in [3.8, 4) is 23.4 Å². The van der Waals surface area contributed by atoms with Crippen LogP contribution < -0.4 is 0 Å². The Morgan fingerprint density at radius 2 is 1.70 bits per heavy atom. The molecule has 3 rings (SSSR count). The largest absolute Gasteiger partial charge is 0.234 e. The molecule has 0 spiro atoms. The lowest BCUT2D eigenvalue weighted by atomic mass is 10.1. The standard InChI is InChI=1S/C14H6ClN5/c15-12-3-1-9(2-4-12)13-10(5-16)7-18-14-11(6-17)8-19-20(13)14/h1-4,7-8H. The average Bonchev–Trinajstić information content (AvgIpc) is 2.90. The van der Waals surface area contributed by atoms with Crippen molar-refractivity contribution >= 4 is 17.2 Å². The molecule has 0 amide bonds. The molecule has 0 N–H and O–H groups in total. The van der Waals surface area contributed by atoms with Crippen molar-refractivity contribution in [2.75, 3.05) is 0 Å². The smallest absolute Gasteiger partial charge is 0.173 e. The maximum absolute atomic E-state index is 9.24. The predicted octanol–water partition coefficient (Wildman–Crippen LogP) is 2.79. The van der Waals surface area contributed by atoms with Crippen LogP contribution in [-0.4, -0.2) is 14.6 Å². The molecule has 6 heteroatoms. The van der Waals surface area contributed by atoms with Gasteiger partial charge in [0.15, 0.2) is 5.65 Å². The van der Waals surface area contributed by atoms with Crippen molar-refractivity contribution in [1.29, 1.82) is 10.5 Å². The first-order valence-corrected chi connectivity index (χ1v) is 6.05. The van der Waals surface area contributed by atoms with Crippen LogP contribution in [0, 0.1) is 22.7 Å². The van der Waals surface area contributed by atoms with Crippen LogP contribution in [0.25, 0.3) is 16.9 Å². The van der Waals surface area contributed by atoms with Gasteiger partial charge in [0.1, 0.15) is 17.7 Å². The summed E-state index contributed by atoms with van der Waals surface area (Å²) in [5.41, 5.74) is 2.55. The molecule has 0 atom stereocenters. The Balaban J connectivity index is 2.38. The highest BCUT2D eigenvalue weighted by atomic mass is 35.5. The summed E-state index contributed by atoms with van der Waals surface area (Å²) < 4.78 is 1.50. The van der Waals surface area contributed by atoms with Crippen molar-refractivity contribution in [1.82, 2.24) is 14.6 Å². The van der Waals surface area contributed by atoms with Gasteiger partial charge >= 0.3 is 0 Å². The summed E-state index contributed by atoms with van der Waals surface area (Å²) in [7, 11) is 0. The fourth-order valence-corrected chi connectivity index (χ4v) is 2.10. The second-order valence-electron chi connectivity index (χ2n) is 4.04. The summed E-state index contributed by atoms with van der Waals surface area (Å²) in [6.07, 6.45) is 2.88. The van der Waals surface area contributed by atoms with Gasteiger partial charge in [-0.1, -0.05) is 23.7 Å². The highest BCUT2D eigenvalue weighted by molar-refractivity contribution is 6.30. The van der Waals surface area contributed by atoms with Crippen LogP contribution in [0.2, 0.25) is 5.02 Å². The van der Waals surface area contributed by atoms with E-state index in [-0.39, 0.29) is 0 Å². The van der Waals surface area contributed by atoms with Gasteiger partial charge in [0, 0.05) is 16.8 Å². The van der Waals surface area contributed by atoms with Gasteiger partial charge in [-0.05, 0) is 12.1 Å². The minimum Gasteiger partial charge on any atom is -0.234 e. The molecule has 0 bridgehead atoms. The number of benzene rings is 1. The second-order valence-corrected chi connectivity index (χ2v) is 4.48. The summed E-state index contributed by atoms with van der Waals surface area (Å²) in [6.45, 7) is 0. The molecule has 0 unspecified atom stereocenters. The van der Waals surface area contributed by atoms with E-state index in [1.54, 1.807) is 24.3 Å². The second kappa shape index (κ2) is 4.65. The zero-order valence-corrected chi connectivity index (χ0v) is 10.8. The summed E-state index contributed by atoms with van der Waals surface area (Å²) >= 11 is 5.87. The van der Waals surface area contributed by atoms with Crippen molar-refractivity contribution < 1.29 is 0 Å². The molecule has 0 saturated heterocycles. The zero-order chi connectivity index (χ0) is 14.1. The number of halogens is 1. The fourth-order valence-electron chi connectivity index (χ4n) is 1.98. The number of nitrogens with zero attached hydrogens (tertiary/aromatic N) is 5. The third kappa shape index (κ3) is 1.78. The van der Waals surface area contributed by atoms with Crippen molar-refractivity contribution in [3.05, 3.63) is 52.8 Å². The average molecular weight is 280 g/mol. The number of hydrogen-bond donors (Lipinski definition) is 0. The number of hydrogen-bond acceptors (Lipinski definition) is 4. The van der Waals surface area contributed by atoms with Crippen LogP contribution >= 0.6 is 11.6 Å². The lowest BCUT2D eigenvalue weighted by Crippen LogP contribution is -2.00. The Bertz CT molecular complexity index is 881. The molecule has 2 heterocycles. The third-order valence-corrected chi connectivity index (χ3v) is 3.14. The van der Waals surface area contributed by atoms with Gasteiger partial charge in [0.25, 0.3) is 0 Å². The third-order valence-electron chi connectivity index (χ3n) is 2.89. The summed E-state index contributed by atoms with van der Waals surface area (Å²) in [5.74, 6) is 0. The lowest BCUT2D eigenvalue weighted by Gasteiger charge is -2.07. The number of nitriles is 2. The molecule has 0 saturated carbocycles. The highest BCUT2D eigenvalue weighted by Crippen LogP contribution is 2.25. The van der Waals surface area contributed by atoms with Crippen LogP contribution in [0.3, 0.4) is 0 Å². The molecule has 0 radical (unpaired) electrons. The summed E-state index contributed by atoms with van der Waals surface area (Å²) in [6, 6.07) is 11.2. The van der Waals surface area contributed by atoms with Gasteiger partial charge in [0.05, 0.1) is 17.5 Å². The number of aromatic nitrogens is 3. The SMILES string of the molecule is N#Cc1cnc2c(C#N)cnn2c1-c1ccc(Cl)cc1. The molecular weight excluding hydrogens is 274 g/mol. The quantitative estimate of drug-likeness (QED) is 0.686. The number of fused-ring (bicyclic) bond motifs is 1. The Kier molecular flexibility index (Phi) is 2.83. The molecule has 0 aliphatic heterocycles. The van der Waals surface area contributed by atoms with Gasteiger partial charge in [-0.25, -0.2) is 9.50 Å². The van der Waals surface area contributed by atoms with Gasteiger partial charge in [-0.3, -0.25) is 0 Å². The molecular formula is C14H6ClN5. The minimum atomic E-state index is 0.365. The molecule has 2 aromatic heterocycles. The maximum Gasteiger partial charge on any atom is 0.173 e. The van der Waals surface area contributed by atoms with E-state index in [0.29, 0.717) is 27.5 Å². The first-order chi connectivity index (χ1) is 9.74. The molecule has 1 aromatic carbocycles. The van der Waals surface area contributed by atoms with E-state index in [1.165, 1.54) is 16.9 Å². The summed E-state index contributed by atoms with van der Waals surface area (Å²) in [4.78, 5) is 4.12. The normalized spacial score (nSPS) is 10.2. The Morgan fingerprint density at radius 1 is 1.00 bits per heavy atom. The molecule has 20 heavy (non-hydrogen) atoms.